The number of nitrogens with one attached hydrogen (secondary N) is 1. The van der Waals surface area contributed by atoms with Crippen molar-refractivity contribution < 1.29 is 9.90 Å². The summed E-state index contributed by atoms with van der Waals surface area (Å²) in [5.74, 6) is -0.171. The SMILES string of the molecule is CC[C@H](C)[C@H]1C(=O)Nc2ccccc2CN1c1c(N2CC(O)C2)c(=O)c1=O. The van der Waals surface area contributed by atoms with Crippen molar-refractivity contribution in [3.63, 3.8) is 0 Å². The highest BCUT2D eigenvalue weighted by atomic mass is 16.3. The molecule has 2 aliphatic rings. The van der Waals surface area contributed by atoms with Gasteiger partial charge in [0.05, 0.1) is 6.10 Å². The van der Waals surface area contributed by atoms with Gasteiger partial charge in [0.1, 0.15) is 17.4 Å². The van der Waals surface area contributed by atoms with Crippen LogP contribution in [0.3, 0.4) is 0 Å². The third kappa shape index (κ3) is 2.73. The molecule has 0 saturated carbocycles. The molecule has 2 atom stereocenters. The van der Waals surface area contributed by atoms with E-state index in [1.807, 2.05) is 38.1 Å². The van der Waals surface area contributed by atoms with Gasteiger partial charge in [-0.25, -0.2) is 0 Å². The number of carbonyl (C=O) groups is 1. The second-order valence-corrected chi connectivity index (χ2v) is 7.52. The van der Waals surface area contributed by atoms with E-state index in [2.05, 4.69) is 5.32 Å². The molecular weight excluding hydrogens is 346 g/mol. The van der Waals surface area contributed by atoms with Crippen LogP contribution in [0.4, 0.5) is 17.1 Å². The van der Waals surface area contributed by atoms with Gasteiger partial charge in [0, 0.05) is 25.3 Å². The van der Waals surface area contributed by atoms with Gasteiger partial charge in [-0.05, 0) is 17.5 Å². The molecule has 1 amide bonds. The number of hydrogen-bond donors (Lipinski definition) is 2. The minimum atomic E-state index is -0.549. The van der Waals surface area contributed by atoms with Crippen molar-refractivity contribution in [2.45, 2.75) is 39.0 Å². The number of rotatable bonds is 4. The van der Waals surface area contributed by atoms with Crippen LogP contribution in [0.1, 0.15) is 25.8 Å². The Morgan fingerprint density at radius 3 is 2.48 bits per heavy atom. The minimum absolute atomic E-state index is 0.00135. The van der Waals surface area contributed by atoms with Crippen LogP contribution in [0.15, 0.2) is 33.9 Å². The number of aliphatic hydroxyl groups is 1. The number of hydrogen-bond acceptors (Lipinski definition) is 6. The molecule has 0 unspecified atom stereocenters. The van der Waals surface area contributed by atoms with Crippen LogP contribution in [0.25, 0.3) is 0 Å². The lowest BCUT2D eigenvalue weighted by atomic mass is 9.94. The van der Waals surface area contributed by atoms with Crippen molar-refractivity contribution in [1.29, 1.82) is 0 Å². The van der Waals surface area contributed by atoms with Crippen molar-refractivity contribution in [2.75, 3.05) is 28.2 Å². The van der Waals surface area contributed by atoms with Crippen LogP contribution < -0.4 is 26.0 Å². The second-order valence-electron chi connectivity index (χ2n) is 7.52. The third-order valence-corrected chi connectivity index (χ3v) is 5.73. The fraction of sp³-hybridized carbons (Fsp3) is 0.450. The van der Waals surface area contributed by atoms with E-state index in [0.717, 1.165) is 17.7 Å². The molecule has 2 heterocycles. The Morgan fingerprint density at radius 1 is 1.15 bits per heavy atom. The summed E-state index contributed by atoms with van der Waals surface area (Å²) in [6.07, 6.45) is 0.277. The molecular formula is C20H23N3O4. The lowest BCUT2D eigenvalue weighted by Crippen LogP contribution is -2.58. The zero-order chi connectivity index (χ0) is 19.3. The monoisotopic (exact) mass is 369 g/mol. The van der Waals surface area contributed by atoms with Crippen molar-refractivity contribution in [2.24, 2.45) is 5.92 Å². The molecule has 142 valence electrons. The van der Waals surface area contributed by atoms with Gasteiger partial charge in [0.2, 0.25) is 5.91 Å². The van der Waals surface area contributed by atoms with Crippen LogP contribution in [-0.2, 0) is 11.3 Å². The van der Waals surface area contributed by atoms with E-state index in [9.17, 15) is 19.5 Å². The average molecular weight is 369 g/mol. The zero-order valence-electron chi connectivity index (χ0n) is 15.4. The van der Waals surface area contributed by atoms with E-state index < -0.39 is 23.0 Å². The summed E-state index contributed by atoms with van der Waals surface area (Å²) < 4.78 is 0. The minimum Gasteiger partial charge on any atom is -0.389 e. The van der Waals surface area contributed by atoms with Gasteiger partial charge in [-0.15, -0.1) is 0 Å². The number of carbonyl (C=O) groups excluding carboxylic acids is 1. The van der Waals surface area contributed by atoms with Crippen molar-refractivity contribution in [1.82, 2.24) is 0 Å². The summed E-state index contributed by atoms with van der Waals surface area (Å²) in [5.41, 5.74) is 1.21. The van der Waals surface area contributed by atoms with E-state index >= 15 is 0 Å². The molecule has 7 heteroatoms. The topological polar surface area (TPSA) is 89.9 Å². The second kappa shape index (κ2) is 6.49. The number of β-amino-alcohol motifs (C(OH)–C–C–N with tert-alkyl or cyclic N) is 1. The normalized spacial score (nSPS) is 21.4. The molecule has 0 aliphatic carbocycles. The Bertz CT molecular complexity index is 957. The van der Waals surface area contributed by atoms with Crippen LogP contribution in [-0.4, -0.2) is 36.2 Å². The highest BCUT2D eigenvalue weighted by molar-refractivity contribution is 6.00. The summed E-state index contributed by atoms with van der Waals surface area (Å²) in [6, 6.07) is 6.97. The Hall–Kier alpha value is -2.67. The third-order valence-electron chi connectivity index (χ3n) is 5.73. The first kappa shape index (κ1) is 17.7. The Balaban J connectivity index is 1.81. The first-order valence-corrected chi connectivity index (χ1v) is 9.34. The number of benzene rings is 1. The maximum Gasteiger partial charge on any atom is 0.253 e. The average Bonchev–Trinajstić information content (AvgIpc) is 2.77. The van der Waals surface area contributed by atoms with E-state index in [-0.39, 0.29) is 11.8 Å². The predicted octanol–water partition coefficient (Wildman–Crippen LogP) is 0.837. The molecule has 7 nitrogen and oxygen atoms in total. The van der Waals surface area contributed by atoms with Gasteiger partial charge in [-0.3, -0.25) is 14.4 Å². The summed E-state index contributed by atoms with van der Waals surface area (Å²) in [6.45, 7) is 5.03. The van der Waals surface area contributed by atoms with Gasteiger partial charge in [-0.1, -0.05) is 38.5 Å². The lowest BCUT2D eigenvalue weighted by molar-refractivity contribution is -0.118. The van der Waals surface area contributed by atoms with Crippen LogP contribution in [0.5, 0.6) is 0 Å². The van der Waals surface area contributed by atoms with Crippen LogP contribution >= 0.6 is 0 Å². The summed E-state index contributed by atoms with van der Waals surface area (Å²) >= 11 is 0. The highest BCUT2D eigenvalue weighted by Crippen LogP contribution is 2.35. The van der Waals surface area contributed by atoms with Gasteiger partial charge < -0.3 is 20.2 Å². The summed E-state index contributed by atoms with van der Waals surface area (Å²) in [4.78, 5) is 41.3. The summed E-state index contributed by atoms with van der Waals surface area (Å²) in [5, 5.41) is 12.6. The molecule has 2 aromatic carbocycles. The number of para-hydroxylation sites is 1. The maximum absolute atomic E-state index is 13.0. The van der Waals surface area contributed by atoms with Crippen LogP contribution in [0.2, 0.25) is 0 Å². The first-order chi connectivity index (χ1) is 12.9. The fourth-order valence-electron chi connectivity index (χ4n) is 3.98. The van der Waals surface area contributed by atoms with Gasteiger partial charge in [0.15, 0.2) is 0 Å². The van der Waals surface area contributed by atoms with E-state index in [4.69, 9.17) is 0 Å². The van der Waals surface area contributed by atoms with Crippen molar-refractivity contribution in [3.8, 4) is 0 Å². The number of amides is 1. The van der Waals surface area contributed by atoms with Crippen LogP contribution in [0, 0.1) is 5.92 Å². The molecule has 2 aromatic rings. The quantitative estimate of drug-likeness (QED) is 0.776. The van der Waals surface area contributed by atoms with Crippen molar-refractivity contribution in [3.05, 3.63) is 50.3 Å². The van der Waals surface area contributed by atoms with Gasteiger partial charge in [0.25, 0.3) is 10.9 Å². The maximum atomic E-state index is 13.0. The smallest absolute Gasteiger partial charge is 0.253 e. The number of fused-ring (bicyclic) bond motifs is 1. The van der Waals surface area contributed by atoms with Gasteiger partial charge >= 0.3 is 0 Å². The Morgan fingerprint density at radius 2 is 1.81 bits per heavy atom. The first-order valence-electron chi connectivity index (χ1n) is 9.34. The molecule has 0 aromatic heterocycles. The lowest BCUT2D eigenvalue weighted by Gasteiger charge is -2.42. The number of nitrogens with zero attached hydrogens (tertiary/aromatic N) is 2. The number of anilines is 3. The van der Waals surface area contributed by atoms with Crippen molar-refractivity contribution >= 4 is 23.0 Å². The molecule has 2 N–H and O–H groups in total. The number of aliphatic hydroxyl groups excluding tert-OH is 1. The molecule has 2 aliphatic heterocycles. The fourth-order valence-corrected chi connectivity index (χ4v) is 3.98. The van der Waals surface area contributed by atoms with E-state index in [0.29, 0.717) is 31.0 Å². The largest absolute Gasteiger partial charge is 0.389 e. The molecule has 0 radical (unpaired) electrons. The molecule has 0 spiro atoms. The molecule has 1 fully saturated rings. The molecule has 0 bridgehead atoms. The molecule has 4 rings (SSSR count). The summed E-state index contributed by atoms with van der Waals surface area (Å²) in [7, 11) is 0. The predicted molar refractivity (Wildman–Crippen MR) is 104 cm³/mol. The van der Waals surface area contributed by atoms with E-state index in [1.54, 1.807) is 9.80 Å². The Labute approximate surface area is 156 Å². The Kier molecular flexibility index (Phi) is 4.26. The molecule has 1 saturated heterocycles. The molecule has 27 heavy (non-hydrogen) atoms. The zero-order valence-corrected chi connectivity index (χ0v) is 15.4. The van der Waals surface area contributed by atoms with E-state index in [1.165, 1.54) is 0 Å². The highest BCUT2D eigenvalue weighted by Gasteiger charge is 2.41. The van der Waals surface area contributed by atoms with Gasteiger partial charge in [-0.2, -0.15) is 0 Å². The standard InChI is InChI=1S/C20H23N3O4/c1-3-11(2)15-20(27)21-14-7-5-4-6-12(14)8-23(15)17-16(18(25)19(17)26)22-9-13(24)10-22/h4-7,11,13,15,24H,3,8-10H2,1-2H3,(H,21,27)/t11-,15-/m0/s1.